The smallest absolute Gasteiger partial charge is 0.137 e. The van der Waals surface area contributed by atoms with Crippen molar-refractivity contribution < 1.29 is 4.42 Å². The van der Waals surface area contributed by atoms with E-state index in [1.165, 1.54) is 42.1 Å². The Morgan fingerprint density at radius 3 is 2.05 bits per heavy atom. The molecule has 0 spiro atoms. The highest BCUT2D eigenvalue weighted by Gasteiger charge is 2.17. The minimum Gasteiger partial charge on any atom is -0.456 e. The maximum Gasteiger partial charge on any atom is 0.137 e. The number of hydrogen-bond donors (Lipinski definition) is 0. The second-order valence-electron chi connectivity index (χ2n) is 10.9. The largest absolute Gasteiger partial charge is 0.456 e. The van der Waals surface area contributed by atoms with E-state index in [1.807, 2.05) is 23.5 Å². The van der Waals surface area contributed by atoms with Crippen molar-refractivity contribution in [2.75, 3.05) is 4.90 Å². The van der Waals surface area contributed by atoms with E-state index in [4.69, 9.17) is 4.42 Å². The SMILES string of the molecule is c1ccc(N(c2ccc(-c3cccc4c3sc3ccc5ccccc5c34)cc2)c2ccc3c(c2)oc2ccccc23)cc1. The van der Waals surface area contributed by atoms with E-state index in [9.17, 15) is 0 Å². The Morgan fingerprint density at radius 1 is 0.465 bits per heavy atom. The van der Waals surface area contributed by atoms with E-state index >= 15 is 0 Å². The molecule has 0 aliphatic carbocycles. The first-order valence-electron chi connectivity index (χ1n) is 14.5. The zero-order valence-electron chi connectivity index (χ0n) is 23.2. The lowest BCUT2D eigenvalue weighted by molar-refractivity contribution is 0.669. The van der Waals surface area contributed by atoms with Gasteiger partial charge in [0.05, 0.1) is 0 Å². The monoisotopic (exact) mass is 567 g/mol. The van der Waals surface area contributed by atoms with Crippen LogP contribution in [0.4, 0.5) is 17.1 Å². The molecule has 43 heavy (non-hydrogen) atoms. The van der Waals surface area contributed by atoms with Gasteiger partial charge in [0.1, 0.15) is 11.2 Å². The third kappa shape index (κ3) is 3.86. The van der Waals surface area contributed by atoms with Crippen LogP contribution in [0.2, 0.25) is 0 Å². The van der Waals surface area contributed by atoms with Gasteiger partial charge in [0, 0.05) is 54.1 Å². The average molecular weight is 568 g/mol. The number of rotatable bonds is 4. The molecule has 0 aliphatic heterocycles. The Labute approximate surface area is 252 Å². The summed E-state index contributed by atoms with van der Waals surface area (Å²) in [6.07, 6.45) is 0. The molecular formula is C40H25NOS. The molecule has 2 aromatic heterocycles. The summed E-state index contributed by atoms with van der Waals surface area (Å²) in [4.78, 5) is 2.29. The number of anilines is 3. The van der Waals surface area contributed by atoms with E-state index in [1.54, 1.807) is 0 Å². The van der Waals surface area contributed by atoms with E-state index in [0.29, 0.717) is 0 Å². The maximum atomic E-state index is 6.26. The number of hydrogen-bond acceptors (Lipinski definition) is 3. The first-order valence-corrected chi connectivity index (χ1v) is 15.3. The number of fused-ring (bicyclic) bond motifs is 8. The van der Waals surface area contributed by atoms with Crippen LogP contribution in [0.3, 0.4) is 0 Å². The zero-order valence-corrected chi connectivity index (χ0v) is 24.0. The molecule has 0 N–H and O–H groups in total. The molecule has 9 rings (SSSR count). The second-order valence-corrected chi connectivity index (χ2v) is 12.0. The van der Waals surface area contributed by atoms with Gasteiger partial charge in [-0.05, 0) is 70.4 Å². The third-order valence-electron chi connectivity index (χ3n) is 8.46. The van der Waals surface area contributed by atoms with Crippen LogP contribution in [0.5, 0.6) is 0 Å². The van der Waals surface area contributed by atoms with Gasteiger partial charge in [-0.2, -0.15) is 0 Å². The summed E-state index contributed by atoms with van der Waals surface area (Å²) in [5.74, 6) is 0. The van der Waals surface area contributed by atoms with Gasteiger partial charge in [-0.3, -0.25) is 0 Å². The molecule has 3 heteroatoms. The number of thiophene rings is 1. The molecule has 0 amide bonds. The topological polar surface area (TPSA) is 16.4 Å². The van der Waals surface area contributed by atoms with Crippen molar-refractivity contribution in [1.82, 2.24) is 0 Å². The number of para-hydroxylation sites is 2. The summed E-state index contributed by atoms with van der Waals surface area (Å²) >= 11 is 1.88. The molecule has 0 saturated heterocycles. The van der Waals surface area contributed by atoms with Gasteiger partial charge in [0.25, 0.3) is 0 Å². The highest BCUT2D eigenvalue weighted by Crippen LogP contribution is 2.44. The Hall–Kier alpha value is -5.38. The van der Waals surface area contributed by atoms with Crippen molar-refractivity contribution in [3.63, 3.8) is 0 Å². The Kier molecular flexibility index (Phi) is 5.40. The van der Waals surface area contributed by atoms with Crippen LogP contribution in [0, 0.1) is 0 Å². The van der Waals surface area contributed by atoms with Gasteiger partial charge in [0.2, 0.25) is 0 Å². The molecular weight excluding hydrogens is 543 g/mol. The first-order chi connectivity index (χ1) is 21.3. The van der Waals surface area contributed by atoms with Gasteiger partial charge < -0.3 is 9.32 Å². The fourth-order valence-corrected chi connectivity index (χ4v) is 7.72. The van der Waals surface area contributed by atoms with Crippen molar-refractivity contribution in [2.24, 2.45) is 0 Å². The maximum absolute atomic E-state index is 6.26. The van der Waals surface area contributed by atoms with Crippen molar-refractivity contribution in [3.05, 3.63) is 152 Å². The van der Waals surface area contributed by atoms with Crippen molar-refractivity contribution in [3.8, 4) is 11.1 Å². The molecule has 0 radical (unpaired) electrons. The molecule has 7 aromatic carbocycles. The average Bonchev–Trinajstić information content (AvgIpc) is 3.64. The van der Waals surface area contributed by atoms with Crippen LogP contribution in [0.15, 0.2) is 156 Å². The van der Waals surface area contributed by atoms with Crippen LogP contribution >= 0.6 is 11.3 Å². The molecule has 0 atom stereocenters. The highest BCUT2D eigenvalue weighted by molar-refractivity contribution is 7.26. The lowest BCUT2D eigenvalue weighted by Gasteiger charge is -2.25. The first kappa shape index (κ1) is 24.2. The minimum absolute atomic E-state index is 0.889. The summed E-state index contributed by atoms with van der Waals surface area (Å²) in [7, 11) is 0. The quantitative estimate of drug-likeness (QED) is 0.210. The fourth-order valence-electron chi connectivity index (χ4n) is 6.46. The molecule has 202 valence electrons. The van der Waals surface area contributed by atoms with E-state index in [0.717, 1.165) is 39.0 Å². The molecule has 0 fully saturated rings. The van der Waals surface area contributed by atoms with Gasteiger partial charge >= 0.3 is 0 Å². The molecule has 0 unspecified atom stereocenters. The van der Waals surface area contributed by atoms with Crippen LogP contribution in [-0.4, -0.2) is 0 Å². The third-order valence-corrected chi connectivity index (χ3v) is 9.66. The van der Waals surface area contributed by atoms with E-state index < -0.39 is 0 Å². The summed E-state index contributed by atoms with van der Waals surface area (Å²) in [5, 5.41) is 7.55. The van der Waals surface area contributed by atoms with Crippen LogP contribution in [0.25, 0.3) is 64.0 Å². The van der Waals surface area contributed by atoms with Gasteiger partial charge in [0.15, 0.2) is 0 Å². The minimum atomic E-state index is 0.889. The van der Waals surface area contributed by atoms with Gasteiger partial charge in [-0.25, -0.2) is 0 Å². The molecule has 0 saturated carbocycles. The second kappa shape index (κ2) is 9.59. The highest BCUT2D eigenvalue weighted by atomic mass is 32.1. The van der Waals surface area contributed by atoms with Crippen molar-refractivity contribution >= 4 is 81.3 Å². The van der Waals surface area contributed by atoms with Crippen LogP contribution < -0.4 is 4.90 Å². The summed E-state index contributed by atoms with van der Waals surface area (Å²) < 4.78 is 8.92. The standard InChI is InChI=1S/C40H25NOS/c1-2-10-28(11-3-1)41(30-22-23-34-33-13-6-7-16-36(33)42-37(34)25-30)29-20-17-27(18-21-29)32-14-8-15-35-39-31-12-5-4-9-26(31)19-24-38(39)43-40(32)35/h1-25H. The van der Waals surface area contributed by atoms with Crippen LogP contribution in [0.1, 0.15) is 0 Å². The molecule has 2 nitrogen and oxygen atoms in total. The predicted octanol–water partition coefficient (Wildman–Crippen LogP) is 12.2. The van der Waals surface area contributed by atoms with E-state index in [-0.39, 0.29) is 0 Å². The van der Waals surface area contributed by atoms with Crippen LogP contribution in [-0.2, 0) is 0 Å². The lowest BCUT2D eigenvalue weighted by atomic mass is 9.99. The summed E-state index contributed by atoms with van der Waals surface area (Å²) in [6.45, 7) is 0. The summed E-state index contributed by atoms with van der Waals surface area (Å²) in [6, 6.07) is 54.1. The van der Waals surface area contributed by atoms with Crippen molar-refractivity contribution in [2.45, 2.75) is 0 Å². The van der Waals surface area contributed by atoms with Gasteiger partial charge in [-0.1, -0.05) is 97.1 Å². The molecule has 2 heterocycles. The number of benzene rings is 7. The number of furan rings is 1. The van der Waals surface area contributed by atoms with Crippen molar-refractivity contribution in [1.29, 1.82) is 0 Å². The lowest BCUT2D eigenvalue weighted by Crippen LogP contribution is -2.09. The van der Waals surface area contributed by atoms with Gasteiger partial charge in [-0.15, -0.1) is 11.3 Å². The molecule has 0 aliphatic rings. The normalized spacial score (nSPS) is 11.7. The molecule has 0 bridgehead atoms. The Bertz CT molecular complexity index is 2450. The fraction of sp³-hybridized carbons (Fsp3) is 0. The Morgan fingerprint density at radius 2 is 1.16 bits per heavy atom. The number of nitrogens with zero attached hydrogens (tertiary/aromatic N) is 1. The summed E-state index contributed by atoms with van der Waals surface area (Å²) in [5.41, 5.74) is 7.54. The van der Waals surface area contributed by atoms with E-state index in [2.05, 4.69) is 144 Å². The Balaban J connectivity index is 1.17. The zero-order chi connectivity index (χ0) is 28.3. The predicted molar refractivity (Wildman–Crippen MR) is 184 cm³/mol. The molecule has 9 aromatic rings.